The topological polar surface area (TPSA) is 59.2 Å². The number of rotatable bonds is 3. The number of carbonyl (C=O) groups excluding carboxylic acids is 1. The van der Waals surface area contributed by atoms with E-state index in [1.54, 1.807) is 0 Å². The van der Waals surface area contributed by atoms with Gasteiger partial charge in [0.05, 0.1) is 5.92 Å². The van der Waals surface area contributed by atoms with E-state index >= 15 is 0 Å². The molecule has 0 bridgehead atoms. The van der Waals surface area contributed by atoms with Crippen LogP contribution in [0.15, 0.2) is 28.8 Å². The first kappa shape index (κ1) is 15.4. The standard InChI is InChI=1S/C19H23N3O2/c1-13-6-2-5-9-16(13)19(23)22-11-10-15(12-22)18-20-17(21-24-18)14-7-3-4-8-14/h2,5-6,9,14-15H,3-4,7-8,10-12H2,1H3/t15-/m0/s1. The van der Waals surface area contributed by atoms with Gasteiger partial charge < -0.3 is 9.42 Å². The predicted octanol–water partition coefficient (Wildman–Crippen LogP) is 3.67. The number of hydrogen-bond acceptors (Lipinski definition) is 4. The molecule has 1 saturated carbocycles. The lowest BCUT2D eigenvalue weighted by Crippen LogP contribution is -2.29. The molecule has 2 aliphatic rings. The van der Waals surface area contributed by atoms with Gasteiger partial charge in [0.25, 0.3) is 5.91 Å². The van der Waals surface area contributed by atoms with Gasteiger partial charge in [-0.25, -0.2) is 0 Å². The van der Waals surface area contributed by atoms with E-state index in [1.807, 2.05) is 36.1 Å². The smallest absolute Gasteiger partial charge is 0.254 e. The van der Waals surface area contributed by atoms with Crippen LogP contribution < -0.4 is 0 Å². The lowest BCUT2D eigenvalue weighted by atomic mass is 10.1. The third-order valence-electron chi connectivity index (χ3n) is 5.38. The lowest BCUT2D eigenvalue weighted by Gasteiger charge is -2.17. The molecular weight excluding hydrogens is 302 g/mol. The Labute approximate surface area is 142 Å². The van der Waals surface area contributed by atoms with Gasteiger partial charge in [0.2, 0.25) is 5.89 Å². The summed E-state index contributed by atoms with van der Waals surface area (Å²) in [5.41, 5.74) is 1.81. The third kappa shape index (κ3) is 2.83. The van der Waals surface area contributed by atoms with Crippen LogP contribution in [0.4, 0.5) is 0 Å². The van der Waals surface area contributed by atoms with Crippen LogP contribution in [0.25, 0.3) is 0 Å². The van der Waals surface area contributed by atoms with Gasteiger partial charge in [-0.3, -0.25) is 4.79 Å². The van der Waals surface area contributed by atoms with Crippen molar-refractivity contribution in [2.75, 3.05) is 13.1 Å². The molecule has 2 heterocycles. The van der Waals surface area contributed by atoms with E-state index in [9.17, 15) is 4.79 Å². The second-order valence-electron chi connectivity index (χ2n) is 7.02. The van der Waals surface area contributed by atoms with E-state index in [0.717, 1.165) is 29.9 Å². The molecule has 0 unspecified atom stereocenters. The number of aryl methyl sites for hydroxylation is 1. The Morgan fingerprint density at radius 1 is 1.17 bits per heavy atom. The molecule has 126 valence electrons. The number of benzene rings is 1. The molecule has 0 N–H and O–H groups in total. The Morgan fingerprint density at radius 2 is 1.96 bits per heavy atom. The monoisotopic (exact) mass is 325 g/mol. The van der Waals surface area contributed by atoms with Gasteiger partial charge >= 0.3 is 0 Å². The first-order valence-corrected chi connectivity index (χ1v) is 8.91. The Kier molecular flexibility index (Phi) is 4.08. The normalized spacial score (nSPS) is 21.5. The number of amides is 1. The molecule has 2 fully saturated rings. The lowest BCUT2D eigenvalue weighted by molar-refractivity contribution is 0.0789. The van der Waals surface area contributed by atoms with Gasteiger partial charge in [-0.05, 0) is 37.8 Å². The zero-order valence-corrected chi connectivity index (χ0v) is 14.1. The molecule has 0 spiro atoms. The molecule has 4 rings (SSSR count). The van der Waals surface area contributed by atoms with E-state index in [4.69, 9.17) is 4.52 Å². The summed E-state index contributed by atoms with van der Waals surface area (Å²) in [7, 11) is 0. The molecule has 1 aliphatic carbocycles. The van der Waals surface area contributed by atoms with Crippen molar-refractivity contribution in [3.05, 3.63) is 47.1 Å². The summed E-state index contributed by atoms with van der Waals surface area (Å²) in [6, 6.07) is 7.75. The van der Waals surface area contributed by atoms with Crippen LogP contribution in [0.3, 0.4) is 0 Å². The van der Waals surface area contributed by atoms with Gasteiger partial charge in [-0.2, -0.15) is 4.98 Å². The molecule has 2 aromatic rings. The number of hydrogen-bond donors (Lipinski definition) is 0. The average Bonchev–Trinajstić information content (AvgIpc) is 3.33. The highest BCUT2D eigenvalue weighted by Crippen LogP contribution is 2.34. The predicted molar refractivity (Wildman–Crippen MR) is 89.9 cm³/mol. The molecule has 24 heavy (non-hydrogen) atoms. The molecule has 1 aromatic carbocycles. The zero-order valence-electron chi connectivity index (χ0n) is 14.1. The molecule has 1 aliphatic heterocycles. The highest BCUT2D eigenvalue weighted by atomic mass is 16.5. The van der Waals surface area contributed by atoms with Gasteiger partial charge in [-0.15, -0.1) is 0 Å². The zero-order chi connectivity index (χ0) is 16.5. The van der Waals surface area contributed by atoms with Crippen LogP contribution in [-0.4, -0.2) is 34.0 Å². The van der Waals surface area contributed by atoms with Gasteiger partial charge in [0.1, 0.15) is 0 Å². The van der Waals surface area contributed by atoms with Crippen LogP contribution in [0.1, 0.15) is 71.6 Å². The first-order chi connectivity index (χ1) is 11.7. The van der Waals surface area contributed by atoms with Crippen LogP contribution >= 0.6 is 0 Å². The second kappa shape index (κ2) is 6.38. The van der Waals surface area contributed by atoms with Crippen molar-refractivity contribution >= 4 is 5.91 Å². The van der Waals surface area contributed by atoms with Crippen LogP contribution in [0.5, 0.6) is 0 Å². The van der Waals surface area contributed by atoms with Crippen molar-refractivity contribution in [1.82, 2.24) is 15.0 Å². The van der Waals surface area contributed by atoms with Crippen LogP contribution in [0.2, 0.25) is 0 Å². The minimum absolute atomic E-state index is 0.103. The summed E-state index contributed by atoms with van der Waals surface area (Å²) >= 11 is 0. The third-order valence-corrected chi connectivity index (χ3v) is 5.38. The van der Waals surface area contributed by atoms with Crippen molar-refractivity contribution in [3.8, 4) is 0 Å². The largest absolute Gasteiger partial charge is 0.339 e. The highest BCUT2D eigenvalue weighted by molar-refractivity contribution is 5.95. The van der Waals surface area contributed by atoms with E-state index in [0.29, 0.717) is 18.4 Å². The van der Waals surface area contributed by atoms with Crippen molar-refractivity contribution < 1.29 is 9.32 Å². The van der Waals surface area contributed by atoms with Crippen molar-refractivity contribution in [1.29, 1.82) is 0 Å². The highest BCUT2D eigenvalue weighted by Gasteiger charge is 2.33. The Morgan fingerprint density at radius 3 is 2.75 bits per heavy atom. The maximum Gasteiger partial charge on any atom is 0.254 e. The number of likely N-dealkylation sites (tertiary alicyclic amines) is 1. The Hall–Kier alpha value is -2.17. The summed E-state index contributed by atoms with van der Waals surface area (Å²) in [5, 5.41) is 4.20. The molecule has 0 radical (unpaired) electrons. The van der Waals surface area contributed by atoms with E-state index in [1.165, 1.54) is 25.7 Å². The fourth-order valence-corrected chi connectivity index (χ4v) is 3.89. The Bertz CT molecular complexity index is 734. The van der Waals surface area contributed by atoms with Crippen molar-refractivity contribution in [2.24, 2.45) is 0 Å². The molecule has 1 atom stereocenters. The fourth-order valence-electron chi connectivity index (χ4n) is 3.89. The summed E-state index contributed by atoms with van der Waals surface area (Å²) in [4.78, 5) is 19.3. The van der Waals surface area contributed by atoms with Crippen LogP contribution in [0, 0.1) is 6.92 Å². The molecule has 1 aromatic heterocycles. The maximum atomic E-state index is 12.7. The minimum atomic E-state index is 0.103. The summed E-state index contributed by atoms with van der Waals surface area (Å²) in [6.07, 6.45) is 5.75. The van der Waals surface area contributed by atoms with Crippen LogP contribution in [-0.2, 0) is 0 Å². The van der Waals surface area contributed by atoms with Crippen molar-refractivity contribution in [2.45, 2.75) is 50.9 Å². The summed E-state index contributed by atoms with van der Waals surface area (Å²) in [6.45, 7) is 3.39. The Balaban J connectivity index is 1.45. The second-order valence-corrected chi connectivity index (χ2v) is 7.02. The average molecular weight is 325 g/mol. The molecular formula is C19H23N3O2. The summed E-state index contributed by atoms with van der Waals surface area (Å²) in [5.74, 6) is 2.31. The van der Waals surface area contributed by atoms with Gasteiger partial charge in [-0.1, -0.05) is 36.2 Å². The molecule has 1 amide bonds. The van der Waals surface area contributed by atoms with E-state index in [-0.39, 0.29) is 11.8 Å². The SMILES string of the molecule is Cc1ccccc1C(=O)N1CC[C@H](c2nc(C3CCCC3)no2)C1. The molecule has 1 saturated heterocycles. The number of nitrogens with zero attached hydrogens (tertiary/aromatic N) is 3. The quantitative estimate of drug-likeness (QED) is 0.864. The van der Waals surface area contributed by atoms with Crippen molar-refractivity contribution in [3.63, 3.8) is 0 Å². The van der Waals surface area contributed by atoms with Gasteiger partial charge in [0, 0.05) is 24.6 Å². The van der Waals surface area contributed by atoms with Gasteiger partial charge in [0.15, 0.2) is 5.82 Å². The molecule has 5 heteroatoms. The number of aromatic nitrogens is 2. The number of carbonyl (C=O) groups is 1. The minimum Gasteiger partial charge on any atom is -0.339 e. The van der Waals surface area contributed by atoms with E-state index in [2.05, 4.69) is 10.1 Å². The molecule has 5 nitrogen and oxygen atoms in total. The fraction of sp³-hybridized carbons (Fsp3) is 0.526. The maximum absolute atomic E-state index is 12.7. The summed E-state index contributed by atoms with van der Waals surface area (Å²) < 4.78 is 5.52. The van der Waals surface area contributed by atoms with E-state index < -0.39 is 0 Å². The first-order valence-electron chi connectivity index (χ1n) is 8.91.